The molecule has 3 rings (SSSR count). The Bertz CT molecular complexity index is 728. The van der Waals surface area contributed by atoms with Crippen LogP contribution in [-0.2, 0) is 0 Å². The van der Waals surface area contributed by atoms with E-state index in [2.05, 4.69) is 5.32 Å². The summed E-state index contributed by atoms with van der Waals surface area (Å²) in [4.78, 5) is 26.5. The van der Waals surface area contributed by atoms with Gasteiger partial charge in [-0.3, -0.25) is 9.59 Å². The second-order valence-electron chi connectivity index (χ2n) is 6.03. The van der Waals surface area contributed by atoms with Crippen LogP contribution >= 0.6 is 12.4 Å². The molecule has 0 bridgehead atoms. The van der Waals surface area contributed by atoms with E-state index in [0.717, 1.165) is 12.8 Å². The Kier molecular flexibility index (Phi) is 6.42. The van der Waals surface area contributed by atoms with E-state index in [4.69, 9.17) is 5.73 Å². The maximum absolute atomic E-state index is 12.4. The van der Waals surface area contributed by atoms with Gasteiger partial charge in [0.25, 0.3) is 11.8 Å². The molecule has 2 aromatic carbocycles. The molecule has 6 heteroatoms. The normalized spacial score (nSPS) is 14.5. The Labute approximate surface area is 153 Å². The zero-order valence-electron chi connectivity index (χ0n) is 13.9. The van der Waals surface area contributed by atoms with Crippen molar-refractivity contribution in [2.45, 2.75) is 18.9 Å². The first kappa shape index (κ1) is 18.8. The summed E-state index contributed by atoms with van der Waals surface area (Å²) in [7, 11) is 0. The van der Waals surface area contributed by atoms with E-state index < -0.39 is 0 Å². The number of likely N-dealkylation sites (tertiary alicyclic amines) is 1. The van der Waals surface area contributed by atoms with Crippen LogP contribution in [0, 0.1) is 0 Å². The molecule has 1 saturated heterocycles. The third-order valence-corrected chi connectivity index (χ3v) is 4.29. The summed E-state index contributed by atoms with van der Waals surface area (Å²) in [6, 6.07) is 16.3. The molecule has 0 aromatic heterocycles. The molecule has 0 spiro atoms. The number of nitrogens with zero attached hydrogens (tertiary/aromatic N) is 1. The zero-order valence-corrected chi connectivity index (χ0v) is 14.7. The molecular weight excluding hydrogens is 338 g/mol. The number of halogens is 1. The van der Waals surface area contributed by atoms with Crippen molar-refractivity contribution >= 4 is 29.9 Å². The largest absolute Gasteiger partial charge is 0.399 e. The van der Waals surface area contributed by atoms with Crippen molar-refractivity contribution in [3.05, 3.63) is 65.7 Å². The maximum Gasteiger partial charge on any atom is 0.253 e. The molecule has 0 aliphatic carbocycles. The van der Waals surface area contributed by atoms with Crippen LogP contribution in [0.5, 0.6) is 0 Å². The standard InChI is InChI=1S/C19H21N3O2.ClH/c20-16-8-4-7-15(13-16)18(23)21-17-9-11-22(12-10-17)19(24)14-5-2-1-3-6-14;/h1-8,13,17H,9-12,20H2,(H,21,23);1H. The monoisotopic (exact) mass is 359 g/mol. The summed E-state index contributed by atoms with van der Waals surface area (Å²) in [6.07, 6.45) is 1.51. The lowest BCUT2D eigenvalue weighted by Crippen LogP contribution is -2.46. The second-order valence-corrected chi connectivity index (χ2v) is 6.03. The minimum absolute atomic E-state index is 0. The molecule has 132 valence electrons. The molecule has 1 aliphatic heterocycles. The third kappa shape index (κ3) is 4.73. The van der Waals surface area contributed by atoms with Gasteiger partial charge < -0.3 is 16.0 Å². The van der Waals surface area contributed by atoms with Gasteiger partial charge in [-0.05, 0) is 43.2 Å². The highest BCUT2D eigenvalue weighted by Gasteiger charge is 2.24. The van der Waals surface area contributed by atoms with E-state index >= 15 is 0 Å². The first-order valence-electron chi connectivity index (χ1n) is 8.14. The van der Waals surface area contributed by atoms with Crippen LogP contribution in [0.25, 0.3) is 0 Å². The Hall–Kier alpha value is -2.53. The van der Waals surface area contributed by atoms with Gasteiger partial charge in [-0.1, -0.05) is 24.3 Å². The number of nitrogens with one attached hydrogen (secondary N) is 1. The number of benzene rings is 2. The van der Waals surface area contributed by atoms with Crippen LogP contribution in [0.4, 0.5) is 5.69 Å². The highest BCUT2D eigenvalue weighted by atomic mass is 35.5. The smallest absolute Gasteiger partial charge is 0.253 e. The van der Waals surface area contributed by atoms with Crippen molar-refractivity contribution in [2.24, 2.45) is 0 Å². The van der Waals surface area contributed by atoms with Crippen LogP contribution in [0.15, 0.2) is 54.6 Å². The molecule has 0 atom stereocenters. The Morgan fingerprint density at radius 3 is 2.24 bits per heavy atom. The summed E-state index contributed by atoms with van der Waals surface area (Å²) in [5.74, 6) is -0.0636. The molecule has 1 heterocycles. The van der Waals surface area contributed by atoms with Gasteiger partial charge in [-0.15, -0.1) is 12.4 Å². The molecule has 0 radical (unpaired) electrons. The van der Waals surface area contributed by atoms with Crippen molar-refractivity contribution in [3.63, 3.8) is 0 Å². The summed E-state index contributed by atoms with van der Waals surface area (Å²) in [5.41, 5.74) is 7.56. The van der Waals surface area contributed by atoms with Crippen LogP contribution in [0.1, 0.15) is 33.6 Å². The maximum atomic E-state index is 12.4. The number of nitrogen functional groups attached to an aromatic ring is 1. The fraction of sp³-hybridized carbons (Fsp3) is 0.263. The minimum Gasteiger partial charge on any atom is -0.399 e. The third-order valence-electron chi connectivity index (χ3n) is 4.29. The number of piperidine rings is 1. The van der Waals surface area contributed by atoms with Crippen LogP contribution in [0.2, 0.25) is 0 Å². The zero-order chi connectivity index (χ0) is 16.9. The van der Waals surface area contributed by atoms with Gasteiger partial charge in [0.05, 0.1) is 0 Å². The summed E-state index contributed by atoms with van der Waals surface area (Å²) in [6.45, 7) is 1.30. The van der Waals surface area contributed by atoms with Gasteiger partial charge >= 0.3 is 0 Å². The molecule has 2 amide bonds. The van der Waals surface area contributed by atoms with Gasteiger partial charge in [-0.25, -0.2) is 0 Å². The highest BCUT2D eigenvalue weighted by Crippen LogP contribution is 2.15. The van der Waals surface area contributed by atoms with Crippen LogP contribution < -0.4 is 11.1 Å². The number of rotatable bonds is 3. The quantitative estimate of drug-likeness (QED) is 0.827. The highest BCUT2D eigenvalue weighted by molar-refractivity contribution is 5.95. The number of carbonyl (C=O) groups is 2. The number of carbonyl (C=O) groups excluding carboxylic acids is 2. The molecule has 0 saturated carbocycles. The fourth-order valence-corrected chi connectivity index (χ4v) is 2.94. The van der Waals surface area contributed by atoms with Gasteiger partial charge in [0.15, 0.2) is 0 Å². The summed E-state index contributed by atoms with van der Waals surface area (Å²) in [5, 5.41) is 3.03. The number of amides is 2. The van der Waals surface area contributed by atoms with E-state index in [1.807, 2.05) is 35.2 Å². The van der Waals surface area contributed by atoms with Crippen molar-refractivity contribution in [1.29, 1.82) is 0 Å². The molecule has 3 N–H and O–H groups in total. The number of hydrogen-bond acceptors (Lipinski definition) is 3. The molecule has 2 aromatic rings. The molecule has 1 aliphatic rings. The summed E-state index contributed by atoms with van der Waals surface area (Å²) >= 11 is 0. The minimum atomic E-state index is -0.116. The number of anilines is 1. The number of hydrogen-bond donors (Lipinski definition) is 2. The van der Waals surface area contributed by atoms with E-state index in [9.17, 15) is 9.59 Å². The lowest BCUT2D eigenvalue weighted by Gasteiger charge is -2.32. The lowest BCUT2D eigenvalue weighted by molar-refractivity contribution is 0.0698. The molecular formula is C19H22ClN3O2. The SMILES string of the molecule is Cl.Nc1cccc(C(=O)NC2CCN(C(=O)c3ccccc3)CC2)c1. The average molecular weight is 360 g/mol. The van der Waals surface area contributed by atoms with Gasteiger partial charge in [0.1, 0.15) is 0 Å². The fourth-order valence-electron chi connectivity index (χ4n) is 2.94. The summed E-state index contributed by atoms with van der Waals surface area (Å²) < 4.78 is 0. The molecule has 5 nitrogen and oxygen atoms in total. The van der Waals surface area contributed by atoms with E-state index in [-0.39, 0.29) is 30.3 Å². The van der Waals surface area contributed by atoms with Gasteiger partial charge in [-0.2, -0.15) is 0 Å². The van der Waals surface area contributed by atoms with Crippen LogP contribution in [-0.4, -0.2) is 35.8 Å². The van der Waals surface area contributed by atoms with Gasteiger partial charge in [0.2, 0.25) is 0 Å². The van der Waals surface area contributed by atoms with E-state index in [1.165, 1.54) is 0 Å². The van der Waals surface area contributed by atoms with Gasteiger partial charge in [0, 0.05) is 35.9 Å². The lowest BCUT2D eigenvalue weighted by atomic mass is 10.0. The van der Waals surface area contributed by atoms with E-state index in [1.54, 1.807) is 24.3 Å². The predicted molar refractivity (Wildman–Crippen MR) is 101 cm³/mol. The van der Waals surface area contributed by atoms with Crippen molar-refractivity contribution in [1.82, 2.24) is 10.2 Å². The number of nitrogens with two attached hydrogens (primary N) is 1. The second kappa shape index (κ2) is 8.53. The first-order chi connectivity index (χ1) is 11.6. The van der Waals surface area contributed by atoms with Crippen molar-refractivity contribution in [2.75, 3.05) is 18.8 Å². The topological polar surface area (TPSA) is 75.4 Å². The Balaban J connectivity index is 0.00000225. The molecule has 0 unspecified atom stereocenters. The van der Waals surface area contributed by atoms with Crippen LogP contribution in [0.3, 0.4) is 0 Å². The predicted octanol–water partition coefficient (Wildman–Crippen LogP) is 2.73. The Morgan fingerprint density at radius 2 is 1.60 bits per heavy atom. The van der Waals surface area contributed by atoms with Crippen molar-refractivity contribution < 1.29 is 9.59 Å². The molecule has 25 heavy (non-hydrogen) atoms. The van der Waals surface area contributed by atoms with Crippen molar-refractivity contribution in [3.8, 4) is 0 Å². The van der Waals surface area contributed by atoms with E-state index in [0.29, 0.717) is 29.9 Å². The molecule has 1 fully saturated rings. The Morgan fingerprint density at radius 1 is 0.960 bits per heavy atom. The average Bonchev–Trinajstić information content (AvgIpc) is 2.62. The first-order valence-corrected chi connectivity index (χ1v) is 8.14.